The predicted molar refractivity (Wildman–Crippen MR) is 71.1 cm³/mol. The molecule has 4 nitrogen and oxygen atoms in total. The lowest BCUT2D eigenvalue weighted by atomic mass is 10.0. The lowest BCUT2D eigenvalue weighted by Gasteiger charge is -2.27. The van der Waals surface area contributed by atoms with Crippen LogP contribution < -0.4 is 15.4 Å². The maximum absolute atomic E-state index is 11.5. The number of aryl methyl sites for hydroxylation is 1. The fourth-order valence-corrected chi connectivity index (χ4v) is 1.78. The Bertz CT molecular complexity index is 433. The summed E-state index contributed by atoms with van der Waals surface area (Å²) >= 11 is 5.91. The second kappa shape index (κ2) is 6.07. The van der Waals surface area contributed by atoms with Crippen LogP contribution in [0.1, 0.15) is 5.56 Å². The normalized spacial score (nSPS) is 15.0. The molecule has 1 fully saturated rings. The van der Waals surface area contributed by atoms with E-state index in [0.29, 0.717) is 16.7 Å². The maximum Gasteiger partial charge on any atom is 0.257 e. The molecule has 5 heteroatoms. The van der Waals surface area contributed by atoms with E-state index in [1.807, 2.05) is 13.0 Å². The summed E-state index contributed by atoms with van der Waals surface area (Å²) in [6.45, 7) is 4.63. The average Bonchev–Trinajstić information content (AvgIpc) is 2.29. The number of halogens is 1. The Morgan fingerprint density at radius 3 is 2.94 bits per heavy atom. The van der Waals surface area contributed by atoms with E-state index in [2.05, 4.69) is 10.6 Å². The van der Waals surface area contributed by atoms with E-state index in [0.717, 1.165) is 25.2 Å². The Balaban J connectivity index is 1.72. The van der Waals surface area contributed by atoms with Crippen molar-refractivity contribution < 1.29 is 9.53 Å². The second-order valence-corrected chi connectivity index (χ2v) is 4.94. The quantitative estimate of drug-likeness (QED) is 0.848. The summed E-state index contributed by atoms with van der Waals surface area (Å²) < 4.78 is 5.40. The van der Waals surface area contributed by atoms with Crippen LogP contribution in [0.5, 0.6) is 5.75 Å². The van der Waals surface area contributed by atoms with Gasteiger partial charge in [0.1, 0.15) is 5.75 Å². The van der Waals surface area contributed by atoms with Crippen molar-refractivity contribution >= 4 is 17.5 Å². The molecule has 18 heavy (non-hydrogen) atoms. The molecule has 1 heterocycles. The third kappa shape index (κ3) is 3.62. The van der Waals surface area contributed by atoms with Gasteiger partial charge in [-0.05, 0) is 30.7 Å². The number of hydrogen-bond donors (Lipinski definition) is 2. The summed E-state index contributed by atoms with van der Waals surface area (Å²) in [5.41, 5.74) is 0.940. The van der Waals surface area contributed by atoms with Crippen molar-refractivity contribution in [2.75, 3.05) is 26.2 Å². The Labute approximate surface area is 112 Å². The van der Waals surface area contributed by atoms with Crippen LogP contribution in [-0.4, -0.2) is 32.1 Å². The summed E-state index contributed by atoms with van der Waals surface area (Å²) in [5.74, 6) is 1.14. The Kier molecular flexibility index (Phi) is 4.44. The van der Waals surface area contributed by atoms with E-state index in [1.54, 1.807) is 12.1 Å². The van der Waals surface area contributed by atoms with Crippen LogP contribution in [0.2, 0.25) is 5.02 Å². The molecule has 0 aromatic heterocycles. The molecule has 1 aromatic rings. The van der Waals surface area contributed by atoms with Crippen molar-refractivity contribution in [3.8, 4) is 5.75 Å². The van der Waals surface area contributed by atoms with Crippen LogP contribution in [0, 0.1) is 12.8 Å². The van der Waals surface area contributed by atoms with Gasteiger partial charge in [0, 0.05) is 30.6 Å². The molecule has 0 radical (unpaired) electrons. The van der Waals surface area contributed by atoms with Gasteiger partial charge in [0.2, 0.25) is 0 Å². The molecule has 1 aromatic carbocycles. The van der Waals surface area contributed by atoms with Gasteiger partial charge in [0.25, 0.3) is 5.91 Å². The van der Waals surface area contributed by atoms with E-state index >= 15 is 0 Å². The zero-order chi connectivity index (χ0) is 13.0. The first-order valence-electron chi connectivity index (χ1n) is 6.01. The molecule has 0 unspecified atom stereocenters. The van der Waals surface area contributed by atoms with Gasteiger partial charge >= 0.3 is 0 Å². The van der Waals surface area contributed by atoms with Crippen molar-refractivity contribution in [1.29, 1.82) is 0 Å². The monoisotopic (exact) mass is 268 g/mol. The summed E-state index contributed by atoms with van der Waals surface area (Å²) in [5, 5.41) is 6.71. The standard InChI is InChI=1S/C13H17ClN2O2/c1-9-4-11(2-3-12(9)14)18-8-13(17)16-7-10-5-15-6-10/h2-4,10,15H,5-8H2,1H3,(H,16,17). The topological polar surface area (TPSA) is 50.4 Å². The Hall–Kier alpha value is -1.26. The van der Waals surface area contributed by atoms with E-state index < -0.39 is 0 Å². The first-order chi connectivity index (χ1) is 8.65. The van der Waals surface area contributed by atoms with Crippen molar-refractivity contribution in [2.45, 2.75) is 6.92 Å². The van der Waals surface area contributed by atoms with Crippen LogP contribution in [0.4, 0.5) is 0 Å². The molecule has 1 saturated heterocycles. The molecule has 0 saturated carbocycles. The highest BCUT2D eigenvalue weighted by Crippen LogP contribution is 2.20. The zero-order valence-electron chi connectivity index (χ0n) is 10.3. The minimum absolute atomic E-state index is 0.0429. The summed E-state index contributed by atoms with van der Waals surface area (Å²) in [4.78, 5) is 11.5. The molecule has 0 bridgehead atoms. The fraction of sp³-hybridized carbons (Fsp3) is 0.462. The molecule has 0 aliphatic carbocycles. The number of hydrogen-bond acceptors (Lipinski definition) is 3. The van der Waals surface area contributed by atoms with Gasteiger partial charge in [-0.3, -0.25) is 4.79 Å². The molecular weight excluding hydrogens is 252 g/mol. The molecule has 0 atom stereocenters. The highest BCUT2D eigenvalue weighted by atomic mass is 35.5. The minimum atomic E-state index is -0.0884. The number of carbonyl (C=O) groups excluding carboxylic acids is 1. The Morgan fingerprint density at radius 1 is 1.56 bits per heavy atom. The van der Waals surface area contributed by atoms with Crippen LogP contribution in [0.25, 0.3) is 0 Å². The highest BCUT2D eigenvalue weighted by molar-refractivity contribution is 6.31. The first-order valence-corrected chi connectivity index (χ1v) is 6.39. The summed E-state index contributed by atoms with van der Waals surface area (Å²) in [7, 11) is 0. The average molecular weight is 269 g/mol. The lowest BCUT2D eigenvalue weighted by Crippen LogP contribution is -2.48. The molecule has 1 aliphatic rings. The molecule has 0 spiro atoms. The van der Waals surface area contributed by atoms with Gasteiger partial charge in [0.15, 0.2) is 6.61 Å². The third-order valence-corrected chi connectivity index (χ3v) is 3.38. The van der Waals surface area contributed by atoms with Crippen LogP contribution >= 0.6 is 11.6 Å². The molecule has 98 valence electrons. The van der Waals surface area contributed by atoms with Crippen molar-refractivity contribution in [3.05, 3.63) is 28.8 Å². The van der Waals surface area contributed by atoms with Gasteiger partial charge in [0.05, 0.1) is 0 Å². The van der Waals surface area contributed by atoms with E-state index in [-0.39, 0.29) is 12.5 Å². The highest BCUT2D eigenvalue weighted by Gasteiger charge is 2.17. The largest absolute Gasteiger partial charge is 0.484 e. The van der Waals surface area contributed by atoms with Crippen LogP contribution in [0.3, 0.4) is 0 Å². The van der Waals surface area contributed by atoms with Gasteiger partial charge in [-0.15, -0.1) is 0 Å². The number of amides is 1. The molecule has 1 aliphatic heterocycles. The summed E-state index contributed by atoms with van der Waals surface area (Å²) in [6.07, 6.45) is 0. The number of benzene rings is 1. The molecular formula is C13H17ClN2O2. The lowest BCUT2D eigenvalue weighted by molar-refractivity contribution is -0.123. The van der Waals surface area contributed by atoms with Crippen LogP contribution in [-0.2, 0) is 4.79 Å². The van der Waals surface area contributed by atoms with E-state index in [1.165, 1.54) is 0 Å². The minimum Gasteiger partial charge on any atom is -0.484 e. The molecule has 2 N–H and O–H groups in total. The SMILES string of the molecule is Cc1cc(OCC(=O)NCC2CNC2)ccc1Cl. The smallest absolute Gasteiger partial charge is 0.257 e. The van der Waals surface area contributed by atoms with E-state index in [9.17, 15) is 4.79 Å². The first kappa shape index (κ1) is 13.2. The third-order valence-electron chi connectivity index (χ3n) is 2.95. The number of nitrogens with one attached hydrogen (secondary N) is 2. The second-order valence-electron chi connectivity index (χ2n) is 4.53. The predicted octanol–water partition coefficient (Wildman–Crippen LogP) is 1.36. The molecule has 2 rings (SSSR count). The van der Waals surface area contributed by atoms with Crippen molar-refractivity contribution in [1.82, 2.24) is 10.6 Å². The van der Waals surface area contributed by atoms with E-state index in [4.69, 9.17) is 16.3 Å². The fourth-order valence-electron chi connectivity index (χ4n) is 1.66. The number of ether oxygens (including phenoxy) is 1. The zero-order valence-corrected chi connectivity index (χ0v) is 11.1. The van der Waals surface area contributed by atoms with Gasteiger partial charge in [-0.2, -0.15) is 0 Å². The van der Waals surface area contributed by atoms with Gasteiger partial charge in [-0.1, -0.05) is 11.6 Å². The number of rotatable bonds is 5. The van der Waals surface area contributed by atoms with Crippen molar-refractivity contribution in [3.63, 3.8) is 0 Å². The van der Waals surface area contributed by atoms with Crippen LogP contribution in [0.15, 0.2) is 18.2 Å². The van der Waals surface area contributed by atoms with Crippen molar-refractivity contribution in [2.24, 2.45) is 5.92 Å². The summed E-state index contributed by atoms with van der Waals surface area (Å²) in [6, 6.07) is 5.36. The van der Waals surface area contributed by atoms with Gasteiger partial charge < -0.3 is 15.4 Å². The Morgan fingerprint density at radius 2 is 2.33 bits per heavy atom. The maximum atomic E-state index is 11.5. The van der Waals surface area contributed by atoms with Gasteiger partial charge in [-0.25, -0.2) is 0 Å². The number of carbonyl (C=O) groups is 1. The molecule has 1 amide bonds.